The van der Waals surface area contributed by atoms with Crippen molar-refractivity contribution in [2.75, 3.05) is 39.6 Å². The third-order valence-electron chi connectivity index (χ3n) is 4.19. The van der Waals surface area contributed by atoms with Crippen LogP contribution in [0.2, 0.25) is 0 Å². The van der Waals surface area contributed by atoms with Gasteiger partial charge in [-0.25, -0.2) is 0 Å². The van der Waals surface area contributed by atoms with Crippen LogP contribution in [0.25, 0.3) is 10.8 Å². The molecule has 0 spiro atoms. The zero-order chi connectivity index (χ0) is 14.8. The van der Waals surface area contributed by atoms with Crippen LogP contribution >= 0.6 is 0 Å². The van der Waals surface area contributed by atoms with E-state index in [0.717, 1.165) is 48.5 Å². The molecule has 0 saturated carbocycles. The molecule has 0 N–H and O–H groups in total. The van der Waals surface area contributed by atoms with E-state index in [2.05, 4.69) is 24.3 Å². The lowest BCUT2D eigenvalue weighted by Crippen LogP contribution is -2.16. The maximum atomic E-state index is 6.05. The molecule has 116 valence electrons. The van der Waals surface area contributed by atoms with Gasteiger partial charge < -0.3 is 18.9 Å². The van der Waals surface area contributed by atoms with Gasteiger partial charge in [0.2, 0.25) is 0 Å². The molecule has 0 fully saturated rings. The summed E-state index contributed by atoms with van der Waals surface area (Å²) in [5.74, 6) is 1.75. The average molecular weight is 300 g/mol. The highest BCUT2D eigenvalue weighted by Crippen LogP contribution is 2.40. The first-order valence-electron chi connectivity index (χ1n) is 7.91. The maximum Gasteiger partial charge on any atom is 0.169 e. The van der Waals surface area contributed by atoms with Crippen molar-refractivity contribution >= 4 is 10.8 Å². The minimum absolute atomic E-state index is 0.551. The highest BCUT2D eigenvalue weighted by Gasteiger charge is 2.19. The SMILES string of the molecule is c1cc2cc3c(c4c2cc1CCOCCO4)OCCOCC3. The molecule has 4 nitrogen and oxygen atoms in total. The summed E-state index contributed by atoms with van der Waals surface area (Å²) >= 11 is 0. The second kappa shape index (κ2) is 6.15. The number of benzene rings is 2. The van der Waals surface area contributed by atoms with Crippen molar-refractivity contribution in [3.05, 3.63) is 35.4 Å². The van der Waals surface area contributed by atoms with Gasteiger partial charge in [-0.3, -0.25) is 0 Å². The summed E-state index contributed by atoms with van der Waals surface area (Å²) in [4.78, 5) is 0. The number of ether oxygens (including phenoxy) is 4. The quantitative estimate of drug-likeness (QED) is 0.749. The van der Waals surface area contributed by atoms with Crippen molar-refractivity contribution in [1.29, 1.82) is 0 Å². The Balaban J connectivity index is 1.91. The largest absolute Gasteiger partial charge is 0.487 e. The van der Waals surface area contributed by atoms with E-state index in [1.54, 1.807) is 0 Å². The lowest BCUT2D eigenvalue weighted by Gasteiger charge is -2.22. The van der Waals surface area contributed by atoms with E-state index in [-0.39, 0.29) is 0 Å². The van der Waals surface area contributed by atoms with Crippen molar-refractivity contribution in [1.82, 2.24) is 0 Å². The van der Waals surface area contributed by atoms with Gasteiger partial charge in [-0.15, -0.1) is 0 Å². The summed E-state index contributed by atoms with van der Waals surface area (Å²) in [6, 6.07) is 8.75. The van der Waals surface area contributed by atoms with E-state index in [1.807, 2.05) is 0 Å². The lowest BCUT2D eigenvalue weighted by atomic mass is 9.99. The molecule has 0 radical (unpaired) electrons. The standard InChI is InChI=1S/C18H20O4/c1-2-14-12-15-4-6-20-7-9-21-17(15)18-16(14)11-13(1)3-5-19-8-10-22-18/h1-2,11-12H,3-10H2. The molecule has 2 bridgehead atoms. The van der Waals surface area contributed by atoms with Crippen LogP contribution in [0, 0.1) is 0 Å². The molecule has 2 aliphatic heterocycles. The van der Waals surface area contributed by atoms with Gasteiger partial charge in [-0.05, 0) is 35.9 Å². The lowest BCUT2D eigenvalue weighted by molar-refractivity contribution is 0.0863. The van der Waals surface area contributed by atoms with Crippen LogP contribution in [0.3, 0.4) is 0 Å². The Morgan fingerprint density at radius 3 is 2.32 bits per heavy atom. The van der Waals surface area contributed by atoms with Crippen molar-refractivity contribution in [3.8, 4) is 11.5 Å². The molecule has 0 unspecified atom stereocenters. The van der Waals surface area contributed by atoms with Gasteiger partial charge >= 0.3 is 0 Å². The van der Waals surface area contributed by atoms with E-state index in [4.69, 9.17) is 18.9 Å². The molecule has 2 aromatic carbocycles. The number of hydrogen-bond acceptors (Lipinski definition) is 4. The zero-order valence-corrected chi connectivity index (χ0v) is 12.6. The van der Waals surface area contributed by atoms with E-state index >= 15 is 0 Å². The molecular weight excluding hydrogens is 280 g/mol. The van der Waals surface area contributed by atoms with Crippen LogP contribution in [0.1, 0.15) is 11.1 Å². The van der Waals surface area contributed by atoms with Crippen LogP contribution in [0.15, 0.2) is 24.3 Å². The molecule has 0 amide bonds. The predicted octanol–water partition coefficient (Wildman–Crippen LogP) is 2.74. The summed E-state index contributed by atoms with van der Waals surface area (Å²) < 4.78 is 23.1. The monoisotopic (exact) mass is 300 g/mol. The van der Waals surface area contributed by atoms with E-state index in [1.165, 1.54) is 10.9 Å². The van der Waals surface area contributed by atoms with Gasteiger partial charge in [0.15, 0.2) is 11.5 Å². The highest BCUT2D eigenvalue weighted by atomic mass is 16.6. The fourth-order valence-corrected chi connectivity index (χ4v) is 3.07. The zero-order valence-electron chi connectivity index (χ0n) is 12.6. The fraction of sp³-hybridized carbons (Fsp3) is 0.444. The summed E-state index contributed by atoms with van der Waals surface area (Å²) in [7, 11) is 0. The third kappa shape index (κ3) is 2.64. The van der Waals surface area contributed by atoms with Crippen molar-refractivity contribution < 1.29 is 18.9 Å². The Morgan fingerprint density at radius 1 is 0.682 bits per heavy atom. The van der Waals surface area contributed by atoms with E-state index in [9.17, 15) is 0 Å². The van der Waals surface area contributed by atoms with E-state index in [0.29, 0.717) is 26.4 Å². The summed E-state index contributed by atoms with van der Waals surface area (Å²) in [5, 5.41) is 2.34. The van der Waals surface area contributed by atoms with Gasteiger partial charge in [0.1, 0.15) is 13.2 Å². The van der Waals surface area contributed by atoms with Crippen LogP contribution in [0.4, 0.5) is 0 Å². The first kappa shape index (κ1) is 13.9. The first-order chi connectivity index (χ1) is 10.9. The second-order valence-electron chi connectivity index (χ2n) is 5.67. The molecule has 2 aliphatic rings. The minimum atomic E-state index is 0.551. The van der Waals surface area contributed by atoms with Crippen molar-refractivity contribution in [2.45, 2.75) is 12.8 Å². The molecule has 0 saturated heterocycles. The summed E-state index contributed by atoms with van der Waals surface area (Å²) in [6.07, 6.45) is 1.78. The first-order valence-corrected chi connectivity index (χ1v) is 7.91. The number of fused-ring (bicyclic) bond motifs is 3. The molecule has 2 aromatic rings. The number of rotatable bonds is 0. The summed E-state index contributed by atoms with van der Waals surface area (Å²) in [6.45, 7) is 3.81. The molecule has 0 atom stereocenters. The molecule has 4 rings (SSSR count). The van der Waals surface area contributed by atoms with Gasteiger partial charge in [0.05, 0.1) is 26.4 Å². The fourth-order valence-electron chi connectivity index (χ4n) is 3.07. The maximum absolute atomic E-state index is 6.05. The molecule has 4 heteroatoms. The Morgan fingerprint density at radius 2 is 1.45 bits per heavy atom. The third-order valence-corrected chi connectivity index (χ3v) is 4.19. The number of hydrogen-bond donors (Lipinski definition) is 0. The Hall–Kier alpha value is -1.78. The van der Waals surface area contributed by atoms with Crippen molar-refractivity contribution in [2.24, 2.45) is 0 Å². The van der Waals surface area contributed by atoms with Gasteiger partial charge in [0.25, 0.3) is 0 Å². The Bertz CT molecular complexity index is 680. The minimum Gasteiger partial charge on any atom is -0.487 e. The molecule has 2 heterocycles. The van der Waals surface area contributed by atoms with E-state index < -0.39 is 0 Å². The highest BCUT2D eigenvalue weighted by molar-refractivity contribution is 5.92. The van der Waals surface area contributed by atoms with Gasteiger partial charge in [0, 0.05) is 10.9 Å². The van der Waals surface area contributed by atoms with Crippen LogP contribution in [-0.2, 0) is 22.3 Å². The Kier molecular flexibility index (Phi) is 3.87. The smallest absolute Gasteiger partial charge is 0.169 e. The van der Waals surface area contributed by atoms with Gasteiger partial charge in [-0.2, -0.15) is 0 Å². The van der Waals surface area contributed by atoms with Crippen molar-refractivity contribution in [3.63, 3.8) is 0 Å². The topological polar surface area (TPSA) is 36.9 Å². The molecule has 0 aliphatic carbocycles. The second-order valence-corrected chi connectivity index (χ2v) is 5.67. The molecular formula is C18H20O4. The molecule has 0 aromatic heterocycles. The van der Waals surface area contributed by atoms with Crippen LogP contribution < -0.4 is 9.47 Å². The average Bonchev–Trinajstić information content (AvgIpc) is 2.52. The van der Waals surface area contributed by atoms with Gasteiger partial charge in [-0.1, -0.05) is 12.1 Å². The summed E-state index contributed by atoms with van der Waals surface area (Å²) in [5.41, 5.74) is 2.43. The van der Waals surface area contributed by atoms with Crippen LogP contribution in [-0.4, -0.2) is 39.6 Å². The van der Waals surface area contributed by atoms with Crippen LogP contribution in [0.5, 0.6) is 11.5 Å². The molecule has 22 heavy (non-hydrogen) atoms. The predicted molar refractivity (Wildman–Crippen MR) is 84.0 cm³/mol. The Labute approximate surface area is 129 Å². The normalized spacial score (nSPS) is 18.7.